The Hall–Kier alpha value is -1.74. The van der Waals surface area contributed by atoms with Gasteiger partial charge in [0.2, 0.25) is 15.9 Å². The first-order chi connectivity index (χ1) is 14.4. The Morgan fingerprint density at radius 2 is 1.83 bits per heavy atom. The molecule has 1 amide bonds. The molecule has 3 aliphatic rings. The Bertz CT molecular complexity index is 952. The van der Waals surface area contributed by atoms with E-state index in [9.17, 15) is 18.0 Å². The third kappa shape index (κ3) is 4.19. The molecule has 3 heterocycles. The first-order valence-corrected chi connectivity index (χ1v) is 12.9. The molecule has 1 saturated heterocycles. The van der Waals surface area contributed by atoms with Crippen LogP contribution < -0.4 is 5.56 Å². The largest absolute Gasteiger partial charge is 0.332 e. The lowest BCUT2D eigenvalue weighted by atomic mass is 9.87. The van der Waals surface area contributed by atoms with Gasteiger partial charge in [0.1, 0.15) is 5.82 Å². The summed E-state index contributed by atoms with van der Waals surface area (Å²) in [6, 6.07) is -0.232. The van der Waals surface area contributed by atoms with Crippen molar-refractivity contribution in [2.45, 2.75) is 77.3 Å². The summed E-state index contributed by atoms with van der Waals surface area (Å²) in [6.07, 6.45) is 8.38. The van der Waals surface area contributed by atoms with E-state index >= 15 is 0 Å². The number of amides is 1. The number of aromatic nitrogens is 2. The highest BCUT2D eigenvalue weighted by Gasteiger charge is 2.35. The van der Waals surface area contributed by atoms with Crippen molar-refractivity contribution in [2.75, 3.05) is 18.8 Å². The van der Waals surface area contributed by atoms with Crippen molar-refractivity contribution in [2.24, 2.45) is 5.92 Å². The summed E-state index contributed by atoms with van der Waals surface area (Å²) in [5.41, 5.74) is 0.911. The maximum atomic E-state index is 13.3. The highest BCUT2D eigenvalue weighted by Crippen LogP contribution is 2.34. The lowest BCUT2D eigenvalue weighted by Crippen LogP contribution is -2.44. The van der Waals surface area contributed by atoms with Gasteiger partial charge >= 0.3 is 0 Å². The Morgan fingerprint density at radius 3 is 2.57 bits per heavy atom. The molecule has 8 nitrogen and oxygen atoms in total. The van der Waals surface area contributed by atoms with Gasteiger partial charge < -0.3 is 9.88 Å². The Labute approximate surface area is 178 Å². The lowest BCUT2D eigenvalue weighted by Gasteiger charge is -2.38. The van der Waals surface area contributed by atoms with E-state index in [0.717, 1.165) is 44.9 Å². The fraction of sp³-hybridized carbons (Fsp3) is 0.762. The molecular formula is C21H32N4O4S. The van der Waals surface area contributed by atoms with Crippen molar-refractivity contribution in [1.82, 2.24) is 19.2 Å². The second-order valence-electron chi connectivity index (χ2n) is 8.74. The van der Waals surface area contributed by atoms with Gasteiger partial charge in [-0.1, -0.05) is 19.3 Å². The molecular weight excluding hydrogens is 404 g/mol. The summed E-state index contributed by atoms with van der Waals surface area (Å²) in [7, 11) is -3.34. The molecule has 1 aliphatic carbocycles. The number of nitrogens with zero attached hydrogens (tertiary/aromatic N) is 3. The van der Waals surface area contributed by atoms with Crippen molar-refractivity contribution in [3.63, 3.8) is 0 Å². The number of hydrogen-bond acceptors (Lipinski definition) is 5. The minimum Gasteiger partial charge on any atom is -0.332 e. The maximum Gasteiger partial charge on any atom is 0.254 e. The van der Waals surface area contributed by atoms with Crippen LogP contribution in [0.5, 0.6) is 0 Å². The summed E-state index contributed by atoms with van der Waals surface area (Å²) in [4.78, 5) is 35.6. The third-order valence-electron chi connectivity index (χ3n) is 6.87. The smallest absolute Gasteiger partial charge is 0.254 e. The number of hydrogen-bond donors (Lipinski definition) is 1. The van der Waals surface area contributed by atoms with Crippen LogP contribution in [0.25, 0.3) is 0 Å². The van der Waals surface area contributed by atoms with Crippen LogP contribution in [-0.4, -0.2) is 52.3 Å². The fourth-order valence-electron chi connectivity index (χ4n) is 5.08. The van der Waals surface area contributed by atoms with Crippen LogP contribution in [0.15, 0.2) is 4.79 Å². The van der Waals surface area contributed by atoms with E-state index in [1.54, 1.807) is 6.92 Å². The van der Waals surface area contributed by atoms with E-state index in [1.807, 2.05) is 4.90 Å². The number of H-pyrrole nitrogens is 1. The summed E-state index contributed by atoms with van der Waals surface area (Å²) >= 11 is 0. The standard InChI is InChI=1S/C21H32N4O4S/c1-2-30(28,29)24-13-11-16-17(14-24)22-19(23-20(16)26)18-10-6-7-12-25(18)21(27)15-8-4-3-5-9-15/h15,18H,2-14H2,1H3,(H,22,23,26). The Kier molecular flexibility index (Phi) is 6.29. The molecule has 0 aromatic carbocycles. The van der Waals surface area contributed by atoms with E-state index in [0.29, 0.717) is 36.6 Å². The summed E-state index contributed by atoms with van der Waals surface area (Å²) in [5.74, 6) is 0.812. The quantitative estimate of drug-likeness (QED) is 0.779. The molecule has 1 N–H and O–H groups in total. The molecule has 4 rings (SSSR count). The number of piperidine rings is 1. The third-order valence-corrected chi connectivity index (χ3v) is 8.70. The van der Waals surface area contributed by atoms with Gasteiger partial charge in [-0.3, -0.25) is 9.59 Å². The van der Waals surface area contributed by atoms with Gasteiger partial charge in [-0.2, -0.15) is 4.31 Å². The highest BCUT2D eigenvalue weighted by molar-refractivity contribution is 7.89. The van der Waals surface area contributed by atoms with E-state index in [1.165, 1.54) is 10.7 Å². The van der Waals surface area contributed by atoms with Crippen LogP contribution in [0.2, 0.25) is 0 Å². The number of fused-ring (bicyclic) bond motifs is 1. The van der Waals surface area contributed by atoms with Crippen molar-refractivity contribution < 1.29 is 13.2 Å². The van der Waals surface area contributed by atoms with Gasteiger partial charge in [-0.25, -0.2) is 13.4 Å². The van der Waals surface area contributed by atoms with Crippen LogP contribution in [0.3, 0.4) is 0 Å². The molecule has 1 aromatic rings. The lowest BCUT2D eigenvalue weighted by molar-refractivity contribution is -0.140. The summed E-state index contributed by atoms with van der Waals surface area (Å²) < 4.78 is 26.0. The van der Waals surface area contributed by atoms with E-state index in [4.69, 9.17) is 4.98 Å². The van der Waals surface area contributed by atoms with Gasteiger partial charge in [0.15, 0.2) is 0 Å². The minimum absolute atomic E-state index is 0.0324. The van der Waals surface area contributed by atoms with Gasteiger partial charge in [0, 0.05) is 24.6 Å². The maximum absolute atomic E-state index is 13.3. The van der Waals surface area contributed by atoms with Crippen LogP contribution >= 0.6 is 0 Å². The van der Waals surface area contributed by atoms with E-state index < -0.39 is 10.0 Å². The first kappa shape index (κ1) is 21.5. The molecule has 9 heteroatoms. The zero-order valence-corrected chi connectivity index (χ0v) is 18.5. The minimum atomic E-state index is -3.34. The predicted octanol–water partition coefficient (Wildman–Crippen LogP) is 2.11. The number of likely N-dealkylation sites (tertiary alicyclic amines) is 1. The Morgan fingerprint density at radius 1 is 1.10 bits per heavy atom. The van der Waals surface area contributed by atoms with Crippen LogP contribution in [-0.2, 0) is 27.8 Å². The van der Waals surface area contributed by atoms with Gasteiger partial charge in [0.05, 0.1) is 24.0 Å². The van der Waals surface area contributed by atoms with Crippen LogP contribution in [0.4, 0.5) is 0 Å². The van der Waals surface area contributed by atoms with Crippen molar-refractivity contribution in [3.05, 3.63) is 27.4 Å². The molecule has 0 bridgehead atoms. The number of nitrogens with one attached hydrogen (secondary N) is 1. The normalized spacial score (nSPS) is 23.9. The van der Waals surface area contributed by atoms with E-state index in [2.05, 4.69) is 4.98 Å². The molecule has 2 fully saturated rings. The molecule has 1 saturated carbocycles. The van der Waals surface area contributed by atoms with Crippen molar-refractivity contribution in [1.29, 1.82) is 0 Å². The SMILES string of the molecule is CCS(=O)(=O)N1CCc2c(nc(C3CCCCN3C(=O)C3CCCCC3)[nH]c2=O)C1. The number of carbonyl (C=O) groups is 1. The van der Waals surface area contributed by atoms with Crippen molar-refractivity contribution in [3.8, 4) is 0 Å². The van der Waals surface area contributed by atoms with Crippen LogP contribution in [0, 0.1) is 5.92 Å². The van der Waals surface area contributed by atoms with Crippen molar-refractivity contribution >= 4 is 15.9 Å². The molecule has 1 unspecified atom stereocenters. The average Bonchev–Trinajstić information content (AvgIpc) is 2.78. The number of aromatic amines is 1. The molecule has 2 aliphatic heterocycles. The van der Waals surface area contributed by atoms with Gasteiger partial charge in [0.25, 0.3) is 5.56 Å². The Balaban J connectivity index is 1.62. The number of sulfonamides is 1. The molecule has 1 atom stereocenters. The monoisotopic (exact) mass is 436 g/mol. The zero-order chi connectivity index (χ0) is 21.3. The van der Waals surface area contributed by atoms with E-state index in [-0.39, 0.29) is 35.7 Å². The molecule has 166 valence electrons. The van der Waals surface area contributed by atoms with Gasteiger partial charge in [-0.15, -0.1) is 0 Å². The molecule has 0 spiro atoms. The number of carbonyl (C=O) groups excluding carboxylic acids is 1. The molecule has 30 heavy (non-hydrogen) atoms. The predicted molar refractivity (Wildman–Crippen MR) is 113 cm³/mol. The average molecular weight is 437 g/mol. The second kappa shape index (κ2) is 8.78. The second-order valence-corrected chi connectivity index (χ2v) is 11.0. The summed E-state index contributed by atoms with van der Waals surface area (Å²) in [5, 5.41) is 0. The fourth-order valence-corrected chi connectivity index (χ4v) is 6.13. The zero-order valence-electron chi connectivity index (χ0n) is 17.7. The first-order valence-electron chi connectivity index (χ1n) is 11.3. The highest BCUT2D eigenvalue weighted by atomic mass is 32.2. The number of rotatable bonds is 4. The summed E-state index contributed by atoms with van der Waals surface area (Å²) in [6.45, 7) is 2.75. The molecule has 1 aromatic heterocycles. The van der Waals surface area contributed by atoms with Gasteiger partial charge in [-0.05, 0) is 45.4 Å². The van der Waals surface area contributed by atoms with Crippen LogP contribution in [0.1, 0.15) is 81.4 Å². The topological polar surface area (TPSA) is 103 Å². The molecule has 0 radical (unpaired) electrons.